The Labute approximate surface area is 121 Å². The first-order chi connectivity index (χ1) is 9.26. The number of esters is 1. The van der Waals surface area contributed by atoms with Crippen LogP contribution in [0.25, 0.3) is 0 Å². The maximum atomic E-state index is 12.1. The van der Waals surface area contributed by atoms with Crippen molar-refractivity contribution in [3.05, 3.63) is 29.8 Å². The molecule has 1 aromatic carbocycles. The lowest BCUT2D eigenvalue weighted by Crippen LogP contribution is -2.37. The van der Waals surface area contributed by atoms with E-state index in [2.05, 4.69) is 27.7 Å². The van der Waals surface area contributed by atoms with Gasteiger partial charge in [-0.2, -0.15) is 0 Å². The van der Waals surface area contributed by atoms with E-state index in [9.17, 15) is 4.79 Å². The zero-order valence-electron chi connectivity index (χ0n) is 12.9. The van der Waals surface area contributed by atoms with E-state index in [0.29, 0.717) is 23.8 Å². The zero-order chi connectivity index (χ0) is 15.0. The molecular weight excluding hydrogens is 250 g/mol. The molecule has 1 aliphatic carbocycles. The van der Waals surface area contributed by atoms with Gasteiger partial charge in [-0.3, -0.25) is 0 Å². The minimum atomic E-state index is -0.262. The van der Waals surface area contributed by atoms with Gasteiger partial charge in [0.1, 0.15) is 0 Å². The van der Waals surface area contributed by atoms with Gasteiger partial charge >= 0.3 is 5.97 Å². The van der Waals surface area contributed by atoms with E-state index in [1.807, 2.05) is 0 Å². The van der Waals surface area contributed by atoms with Crippen molar-refractivity contribution in [1.82, 2.24) is 0 Å². The predicted molar refractivity (Wildman–Crippen MR) is 81.4 cm³/mol. The number of nitrogens with two attached hydrogens (primary N) is 1. The van der Waals surface area contributed by atoms with Crippen molar-refractivity contribution in [2.75, 3.05) is 12.3 Å². The fourth-order valence-electron chi connectivity index (χ4n) is 3.00. The second-order valence-corrected chi connectivity index (χ2v) is 6.92. The van der Waals surface area contributed by atoms with E-state index in [1.165, 1.54) is 6.42 Å². The second-order valence-electron chi connectivity index (χ2n) is 6.92. The first kappa shape index (κ1) is 14.9. The van der Waals surface area contributed by atoms with Gasteiger partial charge in [-0.05, 0) is 48.4 Å². The fourth-order valence-corrected chi connectivity index (χ4v) is 3.00. The molecule has 1 fully saturated rings. The third-order valence-corrected chi connectivity index (χ3v) is 5.58. The molecule has 2 N–H and O–H groups in total. The molecule has 0 saturated heterocycles. The molecule has 0 aliphatic heterocycles. The maximum absolute atomic E-state index is 12.1. The largest absolute Gasteiger partial charge is 0.461 e. The zero-order valence-corrected chi connectivity index (χ0v) is 12.9. The summed E-state index contributed by atoms with van der Waals surface area (Å²) in [6.45, 7) is 9.55. The highest BCUT2D eigenvalue weighted by Crippen LogP contribution is 2.55. The normalized spacial score (nSPS) is 28.3. The predicted octanol–water partition coefficient (Wildman–Crippen LogP) is 3.89. The Morgan fingerprint density at radius 2 is 1.90 bits per heavy atom. The van der Waals surface area contributed by atoms with E-state index < -0.39 is 0 Å². The molecular formula is C17H25NO2. The number of carbonyl (C=O) groups is 1. The Morgan fingerprint density at radius 1 is 1.30 bits per heavy atom. The van der Waals surface area contributed by atoms with Crippen LogP contribution >= 0.6 is 0 Å². The van der Waals surface area contributed by atoms with Crippen LogP contribution in [0.15, 0.2) is 24.3 Å². The van der Waals surface area contributed by atoms with Gasteiger partial charge in [0.2, 0.25) is 0 Å². The van der Waals surface area contributed by atoms with Crippen LogP contribution in [0.2, 0.25) is 0 Å². The van der Waals surface area contributed by atoms with Crippen LogP contribution in [0.3, 0.4) is 0 Å². The van der Waals surface area contributed by atoms with Crippen LogP contribution in [0.5, 0.6) is 0 Å². The van der Waals surface area contributed by atoms with Gasteiger partial charge in [-0.15, -0.1) is 0 Å². The van der Waals surface area contributed by atoms with Crippen LogP contribution in [0, 0.1) is 16.7 Å². The molecule has 0 aromatic heterocycles. The molecule has 3 heteroatoms. The Bertz CT molecular complexity index is 492. The molecule has 0 heterocycles. The number of hydrogen-bond donors (Lipinski definition) is 1. The molecule has 20 heavy (non-hydrogen) atoms. The molecule has 110 valence electrons. The lowest BCUT2D eigenvalue weighted by atomic mass is 9.66. The van der Waals surface area contributed by atoms with Crippen LogP contribution in [0.1, 0.15) is 50.9 Å². The van der Waals surface area contributed by atoms with Crippen LogP contribution < -0.4 is 5.73 Å². The third kappa shape index (κ3) is 2.54. The van der Waals surface area contributed by atoms with Crippen molar-refractivity contribution in [1.29, 1.82) is 0 Å². The Balaban J connectivity index is 2.02. The Hall–Kier alpha value is -1.51. The smallest absolute Gasteiger partial charge is 0.338 e. The molecule has 0 bridgehead atoms. The van der Waals surface area contributed by atoms with E-state index in [4.69, 9.17) is 10.5 Å². The SMILES string of the molecule is C[C@H]1CC[C@@](C)(COC(=O)c2ccc(N)cc2)C1(C)C. The molecule has 1 aromatic rings. The average Bonchev–Trinajstić information content (AvgIpc) is 2.61. The van der Waals surface area contributed by atoms with Gasteiger partial charge in [-0.1, -0.05) is 27.7 Å². The minimum absolute atomic E-state index is 0.0515. The summed E-state index contributed by atoms with van der Waals surface area (Å²) in [5, 5.41) is 0. The third-order valence-electron chi connectivity index (χ3n) is 5.58. The minimum Gasteiger partial charge on any atom is -0.461 e. The molecule has 0 radical (unpaired) electrons. The first-order valence-corrected chi connectivity index (χ1v) is 7.29. The van der Waals surface area contributed by atoms with Crippen molar-refractivity contribution >= 4 is 11.7 Å². The summed E-state index contributed by atoms with van der Waals surface area (Å²) in [5.41, 5.74) is 7.07. The molecule has 3 nitrogen and oxygen atoms in total. The quantitative estimate of drug-likeness (QED) is 0.672. The molecule has 0 unspecified atom stereocenters. The highest BCUT2D eigenvalue weighted by atomic mass is 16.5. The molecule has 0 spiro atoms. The van der Waals surface area contributed by atoms with E-state index in [0.717, 1.165) is 6.42 Å². The summed E-state index contributed by atoms with van der Waals surface area (Å²) in [4.78, 5) is 12.1. The number of carbonyl (C=O) groups excluding carboxylic acids is 1. The van der Waals surface area contributed by atoms with Crippen LogP contribution in [-0.4, -0.2) is 12.6 Å². The monoisotopic (exact) mass is 275 g/mol. The standard InChI is InChI=1S/C17H25NO2/c1-12-9-10-17(4,16(12,2)3)11-20-15(19)13-5-7-14(18)8-6-13/h5-8,12H,9-11,18H2,1-4H3/t12-,17-/m0/s1. The summed E-state index contributed by atoms with van der Waals surface area (Å²) >= 11 is 0. The van der Waals surface area contributed by atoms with Gasteiger partial charge in [0.25, 0.3) is 0 Å². The van der Waals surface area contributed by atoms with E-state index in [-0.39, 0.29) is 16.8 Å². The number of anilines is 1. The van der Waals surface area contributed by atoms with E-state index >= 15 is 0 Å². The van der Waals surface area contributed by atoms with Crippen molar-refractivity contribution < 1.29 is 9.53 Å². The molecule has 2 rings (SSSR count). The van der Waals surface area contributed by atoms with Crippen molar-refractivity contribution in [3.63, 3.8) is 0 Å². The second kappa shape index (κ2) is 5.12. The average molecular weight is 275 g/mol. The summed E-state index contributed by atoms with van der Waals surface area (Å²) < 4.78 is 5.56. The highest BCUT2D eigenvalue weighted by molar-refractivity contribution is 5.89. The number of ether oxygens (including phenoxy) is 1. The topological polar surface area (TPSA) is 52.3 Å². The first-order valence-electron chi connectivity index (χ1n) is 7.29. The van der Waals surface area contributed by atoms with Gasteiger partial charge < -0.3 is 10.5 Å². The van der Waals surface area contributed by atoms with Gasteiger partial charge in [-0.25, -0.2) is 4.79 Å². The van der Waals surface area contributed by atoms with Crippen LogP contribution in [0.4, 0.5) is 5.69 Å². The lowest BCUT2D eigenvalue weighted by Gasteiger charge is -2.40. The molecule has 2 atom stereocenters. The van der Waals surface area contributed by atoms with Crippen LogP contribution in [-0.2, 0) is 4.74 Å². The van der Waals surface area contributed by atoms with Crippen molar-refractivity contribution in [3.8, 4) is 0 Å². The van der Waals surface area contributed by atoms with E-state index in [1.54, 1.807) is 24.3 Å². The van der Waals surface area contributed by atoms with Crippen molar-refractivity contribution in [2.24, 2.45) is 16.7 Å². The number of hydrogen-bond acceptors (Lipinski definition) is 3. The number of benzene rings is 1. The van der Waals surface area contributed by atoms with Gasteiger partial charge in [0.05, 0.1) is 12.2 Å². The Kier molecular flexibility index (Phi) is 3.81. The lowest BCUT2D eigenvalue weighted by molar-refractivity contribution is -0.00349. The number of nitrogen functional groups attached to an aromatic ring is 1. The summed E-state index contributed by atoms with van der Waals surface area (Å²) in [7, 11) is 0. The maximum Gasteiger partial charge on any atom is 0.338 e. The molecule has 0 amide bonds. The van der Waals surface area contributed by atoms with Gasteiger partial charge in [0.15, 0.2) is 0 Å². The molecule has 1 aliphatic rings. The highest BCUT2D eigenvalue weighted by Gasteiger charge is 2.50. The fraction of sp³-hybridized carbons (Fsp3) is 0.588. The Morgan fingerprint density at radius 3 is 2.40 bits per heavy atom. The van der Waals surface area contributed by atoms with Gasteiger partial charge in [0, 0.05) is 11.1 Å². The molecule has 1 saturated carbocycles. The van der Waals surface area contributed by atoms with Crippen molar-refractivity contribution in [2.45, 2.75) is 40.5 Å². The summed E-state index contributed by atoms with van der Waals surface area (Å²) in [6, 6.07) is 6.87. The number of rotatable bonds is 3. The summed E-state index contributed by atoms with van der Waals surface area (Å²) in [5.74, 6) is 0.393. The summed E-state index contributed by atoms with van der Waals surface area (Å²) in [6.07, 6.45) is 2.30.